The van der Waals surface area contributed by atoms with Gasteiger partial charge in [0.2, 0.25) is 10.0 Å². The van der Waals surface area contributed by atoms with Crippen LogP contribution >= 0.6 is 0 Å². The Kier molecular flexibility index (Phi) is 5.27. The standard InChI is InChI=1S/C15H14F3NO3S/c1-22-6-7-23(20,21)19-14-5-3-2-4-11(14)10-8-12(16)15(18)13(17)9-10/h2-5,8-9,19H,6-7H2,1H3. The number of methoxy groups -OCH3 is 1. The van der Waals surface area contributed by atoms with E-state index in [4.69, 9.17) is 4.74 Å². The highest BCUT2D eigenvalue weighted by molar-refractivity contribution is 7.92. The summed E-state index contributed by atoms with van der Waals surface area (Å²) in [5.74, 6) is -4.55. The average Bonchev–Trinajstić information content (AvgIpc) is 2.50. The number of sulfonamides is 1. The smallest absolute Gasteiger partial charge is 0.235 e. The van der Waals surface area contributed by atoms with Gasteiger partial charge in [0.25, 0.3) is 0 Å². The van der Waals surface area contributed by atoms with E-state index in [1.807, 2.05) is 0 Å². The van der Waals surface area contributed by atoms with Gasteiger partial charge in [-0.1, -0.05) is 18.2 Å². The van der Waals surface area contributed by atoms with Gasteiger partial charge in [0.1, 0.15) is 0 Å². The molecule has 0 aliphatic carbocycles. The molecule has 0 aliphatic rings. The van der Waals surface area contributed by atoms with Crippen molar-refractivity contribution in [2.75, 3.05) is 24.2 Å². The lowest BCUT2D eigenvalue weighted by Crippen LogP contribution is -2.20. The number of para-hydroxylation sites is 1. The molecule has 0 saturated heterocycles. The fraction of sp³-hybridized carbons (Fsp3) is 0.200. The zero-order valence-corrected chi connectivity index (χ0v) is 13.0. The Balaban J connectivity index is 2.42. The summed E-state index contributed by atoms with van der Waals surface area (Å²) in [5.41, 5.74) is 0.381. The number of rotatable bonds is 6. The summed E-state index contributed by atoms with van der Waals surface area (Å²) in [6.07, 6.45) is 0. The van der Waals surface area contributed by atoms with Crippen molar-refractivity contribution in [3.8, 4) is 11.1 Å². The molecule has 124 valence electrons. The number of anilines is 1. The SMILES string of the molecule is COCCS(=O)(=O)Nc1ccccc1-c1cc(F)c(F)c(F)c1. The van der Waals surface area contributed by atoms with E-state index in [0.29, 0.717) is 0 Å². The predicted molar refractivity (Wildman–Crippen MR) is 81.0 cm³/mol. The summed E-state index contributed by atoms with van der Waals surface area (Å²) in [6, 6.07) is 7.66. The first-order chi connectivity index (χ1) is 10.8. The van der Waals surface area contributed by atoms with Crippen molar-refractivity contribution in [3.05, 3.63) is 53.8 Å². The van der Waals surface area contributed by atoms with Crippen LogP contribution in [0.15, 0.2) is 36.4 Å². The molecule has 0 amide bonds. The summed E-state index contributed by atoms with van der Waals surface area (Å²) in [5, 5.41) is 0. The van der Waals surface area contributed by atoms with Gasteiger partial charge in [0.05, 0.1) is 18.0 Å². The maximum atomic E-state index is 13.4. The molecule has 0 saturated carbocycles. The average molecular weight is 345 g/mol. The molecule has 2 aromatic carbocycles. The van der Waals surface area contributed by atoms with Crippen LogP contribution in [0, 0.1) is 17.5 Å². The molecule has 0 aromatic heterocycles. The number of nitrogens with one attached hydrogen (secondary N) is 1. The highest BCUT2D eigenvalue weighted by Crippen LogP contribution is 2.30. The van der Waals surface area contributed by atoms with Crippen LogP contribution in [0.25, 0.3) is 11.1 Å². The zero-order valence-electron chi connectivity index (χ0n) is 12.1. The molecule has 0 radical (unpaired) electrons. The topological polar surface area (TPSA) is 55.4 Å². The second kappa shape index (κ2) is 7.01. The fourth-order valence-corrected chi connectivity index (χ4v) is 2.95. The lowest BCUT2D eigenvalue weighted by Gasteiger charge is -2.13. The Bertz CT molecular complexity index is 786. The van der Waals surface area contributed by atoms with Crippen LogP contribution in [0.1, 0.15) is 0 Å². The van der Waals surface area contributed by atoms with E-state index >= 15 is 0 Å². The van der Waals surface area contributed by atoms with Gasteiger partial charge in [-0.3, -0.25) is 4.72 Å². The van der Waals surface area contributed by atoms with E-state index in [2.05, 4.69) is 4.72 Å². The second-order valence-corrected chi connectivity index (χ2v) is 6.56. The molecule has 2 aromatic rings. The van der Waals surface area contributed by atoms with Crippen molar-refractivity contribution in [1.82, 2.24) is 0 Å². The van der Waals surface area contributed by atoms with Crippen LogP contribution in [0.4, 0.5) is 18.9 Å². The molecule has 8 heteroatoms. The maximum absolute atomic E-state index is 13.4. The minimum atomic E-state index is -3.69. The molecule has 0 spiro atoms. The van der Waals surface area contributed by atoms with Crippen molar-refractivity contribution in [1.29, 1.82) is 0 Å². The van der Waals surface area contributed by atoms with Crippen molar-refractivity contribution >= 4 is 15.7 Å². The van der Waals surface area contributed by atoms with Gasteiger partial charge in [0.15, 0.2) is 17.5 Å². The third-order valence-electron chi connectivity index (χ3n) is 3.04. The Labute approximate surface area is 132 Å². The van der Waals surface area contributed by atoms with Crippen LogP contribution in [0.3, 0.4) is 0 Å². The van der Waals surface area contributed by atoms with Gasteiger partial charge >= 0.3 is 0 Å². The summed E-state index contributed by atoms with van der Waals surface area (Å²) >= 11 is 0. The molecule has 0 bridgehead atoms. The van der Waals surface area contributed by atoms with Crippen LogP contribution in [0.2, 0.25) is 0 Å². The summed E-state index contributed by atoms with van der Waals surface area (Å²) in [6.45, 7) is -0.00267. The van der Waals surface area contributed by atoms with Gasteiger partial charge in [-0.15, -0.1) is 0 Å². The van der Waals surface area contributed by atoms with E-state index in [-0.39, 0.29) is 29.2 Å². The van der Waals surface area contributed by atoms with Crippen molar-refractivity contribution in [2.45, 2.75) is 0 Å². The van der Waals surface area contributed by atoms with Crippen LogP contribution in [-0.2, 0) is 14.8 Å². The molecule has 1 N–H and O–H groups in total. The highest BCUT2D eigenvalue weighted by Gasteiger charge is 2.16. The van der Waals surface area contributed by atoms with Gasteiger partial charge in [0, 0.05) is 12.7 Å². The number of ether oxygens (including phenoxy) is 1. The van der Waals surface area contributed by atoms with E-state index in [1.165, 1.54) is 19.2 Å². The van der Waals surface area contributed by atoms with Gasteiger partial charge in [-0.05, 0) is 23.8 Å². The molecular weight excluding hydrogens is 331 g/mol. The molecule has 0 aliphatic heterocycles. The first-order valence-electron chi connectivity index (χ1n) is 6.57. The highest BCUT2D eigenvalue weighted by atomic mass is 32.2. The lowest BCUT2D eigenvalue weighted by atomic mass is 10.0. The second-order valence-electron chi connectivity index (χ2n) is 4.71. The Morgan fingerprint density at radius 3 is 2.30 bits per heavy atom. The normalized spacial score (nSPS) is 11.5. The molecule has 0 unspecified atom stereocenters. The Hall–Kier alpha value is -2.06. The third kappa shape index (κ3) is 4.23. The van der Waals surface area contributed by atoms with E-state index in [0.717, 1.165) is 12.1 Å². The quantitative estimate of drug-likeness (QED) is 0.818. The molecule has 0 atom stereocenters. The summed E-state index contributed by atoms with van der Waals surface area (Å²) in [4.78, 5) is 0. The van der Waals surface area contributed by atoms with Gasteiger partial charge in [-0.25, -0.2) is 21.6 Å². The Morgan fingerprint density at radius 1 is 1.09 bits per heavy atom. The van der Waals surface area contributed by atoms with E-state index in [9.17, 15) is 21.6 Å². The fourth-order valence-electron chi connectivity index (χ4n) is 1.95. The minimum absolute atomic E-state index is 0.00267. The van der Waals surface area contributed by atoms with E-state index in [1.54, 1.807) is 12.1 Å². The summed E-state index contributed by atoms with van der Waals surface area (Å²) < 4.78 is 70.7. The molecule has 2 rings (SSSR count). The number of hydrogen-bond acceptors (Lipinski definition) is 3. The van der Waals surface area contributed by atoms with Crippen molar-refractivity contribution < 1.29 is 26.3 Å². The molecule has 23 heavy (non-hydrogen) atoms. The third-order valence-corrected chi connectivity index (χ3v) is 4.28. The minimum Gasteiger partial charge on any atom is -0.384 e. The monoisotopic (exact) mass is 345 g/mol. The maximum Gasteiger partial charge on any atom is 0.235 e. The van der Waals surface area contributed by atoms with Crippen molar-refractivity contribution in [3.63, 3.8) is 0 Å². The Morgan fingerprint density at radius 2 is 1.70 bits per heavy atom. The van der Waals surface area contributed by atoms with Crippen LogP contribution in [0.5, 0.6) is 0 Å². The van der Waals surface area contributed by atoms with E-state index < -0.39 is 27.5 Å². The van der Waals surface area contributed by atoms with Crippen molar-refractivity contribution in [2.24, 2.45) is 0 Å². The molecule has 0 heterocycles. The summed E-state index contributed by atoms with van der Waals surface area (Å²) in [7, 11) is -2.32. The predicted octanol–water partition coefficient (Wildman–Crippen LogP) is 3.16. The van der Waals surface area contributed by atoms with Crippen LogP contribution < -0.4 is 4.72 Å². The molecule has 4 nitrogen and oxygen atoms in total. The number of hydrogen-bond donors (Lipinski definition) is 1. The molecular formula is C15H14F3NO3S. The largest absolute Gasteiger partial charge is 0.384 e. The zero-order chi connectivity index (χ0) is 17.0. The number of benzene rings is 2. The van der Waals surface area contributed by atoms with Gasteiger partial charge < -0.3 is 4.74 Å². The van der Waals surface area contributed by atoms with Gasteiger partial charge in [-0.2, -0.15) is 0 Å². The number of halogens is 3. The lowest BCUT2D eigenvalue weighted by molar-refractivity contribution is 0.217. The molecule has 0 fully saturated rings. The first-order valence-corrected chi connectivity index (χ1v) is 8.22. The first kappa shape index (κ1) is 17.3. The van der Waals surface area contributed by atoms with Crippen LogP contribution in [-0.4, -0.2) is 27.9 Å².